The summed E-state index contributed by atoms with van der Waals surface area (Å²) in [6, 6.07) is 17.2. The number of nitrogens with zero attached hydrogens (tertiary/aromatic N) is 4. The molecule has 1 aromatic heterocycles. The molecule has 0 spiro atoms. The molecular formula is C28H28BrClN4O4S. The largest absolute Gasteiger partial charge is 0.490 e. The van der Waals surface area contributed by atoms with Gasteiger partial charge in [0.15, 0.2) is 16.7 Å². The van der Waals surface area contributed by atoms with Crippen LogP contribution in [0.25, 0.3) is 5.69 Å². The first kappa shape index (κ1) is 28.9. The highest BCUT2D eigenvalue weighted by Crippen LogP contribution is 2.43. The van der Waals surface area contributed by atoms with E-state index < -0.39 is 5.25 Å². The number of thioether (sulfide) groups is 1. The van der Waals surface area contributed by atoms with Gasteiger partial charge in [-0.05, 0) is 102 Å². The molecule has 0 amide bonds. The van der Waals surface area contributed by atoms with Gasteiger partial charge in [0.1, 0.15) is 17.7 Å². The Morgan fingerprint density at radius 3 is 2.56 bits per heavy atom. The van der Waals surface area contributed by atoms with Crippen LogP contribution in [-0.2, 0) is 6.61 Å². The summed E-state index contributed by atoms with van der Waals surface area (Å²) in [6.07, 6.45) is 0. The number of aromatic nitrogens is 3. The van der Waals surface area contributed by atoms with Crippen LogP contribution in [0.15, 0.2) is 64.2 Å². The van der Waals surface area contributed by atoms with Crippen molar-refractivity contribution in [3.63, 3.8) is 0 Å². The van der Waals surface area contributed by atoms with Crippen molar-refractivity contribution in [2.24, 2.45) is 0 Å². The van der Waals surface area contributed by atoms with Crippen molar-refractivity contribution in [3.05, 3.63) is 102 Å². The lowest BCUT2D eigenvalue weighted by Gasteiger charge is -2.19. The summed E-state index contributed by atoms with van der Waals surface area (Å²) >= 11 is 11.0. The first-order valence-electron chi connectivity index (χ1n) is 12.3. The van der Waals surface area contributed by atoms with E-state index >= 15 is 0 Å². The van der Waals surface area contributed by atoms with E-state index in [0.717, 1.165) is 16.8 Å². The van der Waals surface area contributed by atoms with Crippen LogP contribution in [0.2, 0.25) is 5.02 Å². The topological polar surface area (TPSA) is 92.3 Å². The average molecular weight is 632 g/mol. The number of hydrogen-bond acceptors (Lipinski definition) is 7. The molecule has 0 aliphatic carbocycles. The monoisotopic (exact) mass is 630 g/mol. The van der Waals surface area contributed by atoms with Crippen molar-refractivity contribution in [1.29, 1.82) is 0 Å². The van der Waals surface area contributed by atoms with E-state index in [9.17, 15) is 10.1 Å². The molecule has 0 fully saturated rings. The molecular weight excluding hydrogens is 604 g/mol. The lowest BCUT2D eigenvalue weighted by Crippen LogP contribution is -2.12. The van der Waals surface area contributed by atoms with Crippen molar-refractivity contribution in [2.75, 3.05) is 13.2 Å². The van der Waals surface area contributed by atoms with Crippen LogP contribution >= 0.6 is 39.3 Å². The number of hydrogen-bond donors (Lipinski definition) is 0. The predicted molar refractivity (Wildman–Crippen MR) is 157 cm³/mol. The Bertz CT molecular complexity index is 1500. The molecule has 0 saturated carbocycles. The second-order valence-corrected chi connectivity index (χ2v) is 11.4. The van der Waals surface area contributed by atoms with Gasteiger partial charge in [0.05, 0.1) is 11.1 Å². The molecule has 0 aliphatic heterocycles. The number of halogens is 2. The molecule has 0 aliphatic rings. The van der Waals surface area contributed by atoms with E-state index in [2.05, 4.69) is 39.1 Å². The molecule has 3 aromatic carbocycles. The third kappa shape index (κ3) is 7.12. The Balaban J connectivity index is 1.68. The van der Waals surface area contributed by atoms with E-state index in [1.165, 1.54) is 17.3 Å². The van der Waals surface area contributed by atoms with Crippen LogP contribution < -0.4 is 9.47 Å². The number of benzene rings is 3. The first-order chi connectivity index (χ1) is 18.7. The first-order valence-corrected chi connectivity index (χ1v) is 14.3. The SMILES string of the molecule is CCOc1cc([C@H](C[N+](=O)[O-])Sc2nnc(C)n2-c2ccc(C)c(C)c2)cc(Br)c1OCc1cccc(Cl)c1. The second-order valence-electron chi connectivity index (χ2n) is 8.94. The van der Waals surface area contributed by atoms with Crippen molar-refractivity contribution in [2.45, 2.75) is 44.7 Å². The van der Waals surface area contributed by atoms with Crippen LogP contribution in [0.3, 0.4) is 0 Å². The zero-order chi connectivity index (χ0) is 28.1. The Hall–Kier alpha value is -3.08. The van der Waals surface area contributed by atoms with Crippen LogP contribution in [0.4, 0.5) is 0 Å². The molecule has 8 nitrogen and oxygen atoms in total. The summed E-state index contributed by atoms with van der Waals surface area (Å²) in [6.45, 7) is 8.20. The number of rotatable bonds is 11. The lowest BCUT2D eigenvalue weighted by molar-refractivity contribution is -0.479. The van der Waals surface area contributed by atoms with Gasteiger partial charge >= 0.3 is 0 Å². The van der Waals surface area contributed by atoms with Crippen LogP contribution in [0.5, 0.6) is 11.5 Å². The van der Waals surface area contributed by atoms with Gasteiger partial charge in [-0.25, -0.2) is 0 Å². The van der Waals surface area contributed by atoms with E-state index in [0.29, 0.717) is 44.1 Å². The van der Waals surface area contributed by atoms with Gasteiger partial charge in [-0.15, -0.1) is 10.2 Å². The number of nitro groups is 1. The van der Waals surface area contributed by atoms with Gasteiger partial charge < -0.3 is 9.47 Å². The number of aryl methyl sites for hydroxylation is 3. The Morgan fingerprint density at radius 1 is 1.08 bits per heavy atom. The minimum Gasteiger partial charge on any atom is -0.490 e. The summed E-state index contributed by atoms with van der Waals surface area (Å²) in [7, 11) is 0. The summed E-state index contributed by atoms with van der Waals surface area (Å²) < 4.78 is 14.6. The summed E-state index contributed by atoms with van der Waals surface area (Å²) in [5, 5.41) is 21.0. The fourth-order valence-corrected chi connectivity index (χ4v) is 5.95. The highest BCUT2D eigenvalue weighted by molar-refractivity contribution is 9.10. The molecule has 0 bridgehead atoms. The zero-order valence-electron chi connectivity index (χ0n) is 22.0. The standard InChI is InChI=1S/C28H28BrClN4O4S/c1-5-37-25-14-21(13-24(29)27(25)38-16-20-7-6-8-22(30)12-20)26(15-33(35)36)39-28-32-31-19(4)34(28)23-10-9-17(2)18(3)11-23/h6-14,26H,5,15-16H2,1-4H3/t26-/m0/s1. The van der Waals surface area contributed by atoms with E-state index in [-0.39, 0.29) is 18.1 Å². The summed E-state index contributed by atoms with van der Waals surface area (Å²) in [5.74, 6) is 1.70. The molecule has 0 unspecified atom stereocenters. The normalized spacial score (nSPS) is 11.8. The van der Waals surface area contributed by atoms with Gasteiger partial charge in [-0.1, -0.05) is 41.6 Å². The molecule has 204 valence electrons. The quantitative estimate of drug-likeness (QED) is 0.0952. The summed E-state index contributed by atoms with van der Waals surface area (Å²) in [5.41, 5.74) is 4.83. The molecule has 0 saturated heterocycles. The molecule has 0 radical (unpaired) electrons. The smallest absolute Gasteiger partial charge is 0.220 e. The minimum absolute atomic E-state index is 0.282. The van der Waals surface area contributed by atoms with Gasteiger partial charge in [0.25, 0.3) is 0 Å². The van der Waals surface area contributed by atoms with Crippen molar-refractivity contribution in [3.8, 4) is 17.2 Å². The van der Waals surface area contributed by atoms with Gasteiger partial charge in [-0.2, -0.15) is 0 Å². The second kappa shape index (κ2) is 12.8. The fraction of sp³-hybridized carbons (Fsp3) is 0.286. The highest BCUT2D eigenvalue weighted by Gasteiger charge is 2.26. The third-order valence-electron chi connectivity index (χ3n) is 6.08. The van der Waals surface area contributed by atoms with Crippen LogP contribution in [-0.4, -0.2) is 32.8 Å². The Morgan fingerprint density at radius 2 is 1.87 bits per heavy atom. The maximum absolute atomic E-state index is 11.7. The van der Waals surface area contributed by atoms with Crippen LogP contribution in [0.1, 0.15) is 40.3 Å². The van der Waals surface area contributed by atoms with E-state index in [4.69, 9.17) is 21.1 Å². The van der Waals surface area contributed by atoms with Crippen molar-refractivity contribution >= 4 is 39.3 Å². The minimum atomic E-state index is -0.564. The highest BCUT2D eigenvalue weighted by atomic mass is 79.9. The molecule has 39 heavy (non-hydrogen) atoms. The molecule has 11 heteroatoms. The maximum atomic E-state index is 11.7. The third-order valence-corrected chi connectivity index (χ3v) is 8.09. The Labute approximate surface area is 245 Å². The van der Waals surface area contributed by atoms with Gasteiger partial charge in [0.2, 0.25) is 6.54 Å². The zero-order valence-corrected chi connectivity index (χ0v) is 25.1. The molecule has 4 aromatic rings. The number of ether oxygens (including phenoxy) is 2. The van der Waals surface area contributed by atoms with Crippen molar-refractivity contribution < 1.29 is 14.4 Å². The molecule has 4 rings (SSSR count). The van der Waals surface area contributed by atoms with Crippen LogP contribution in [0, 0.1) is 30.9 Å². The predicted octanol–water partition coefficient (Wildman–Crippen LogP) is 7.70. The average Bonchev–Trinajstić information content (AvgIpc) is 3.24. The van der Waals surface area contributed by atoms with E-state index in [1.54, 1.807) is 12.1 Å². The summed E-state index contributed by atoms with van der Waals surface area (Å²) in [4.78, 5) is 11.4. The maximum Gasteiger partial charge on any atom is 0.220 e. The van der Waals surface area contributed by atoms with Crippen molar-refractivity contribution in [1.82, 2.24) is 14.8 Å². The molecule has 1 atom stereocenters. The fourth-order valence-electron chi connectivity index (χ4n) is 4.01. The molecule has 1 heterocycles. The van der Waals surface area contributed by atoms with E-state index in [1.807, 2.05) is 61.7 Å². The lowest BCUT2D eigenvalue weighted by atomic mass is 10.1. The van der Waals surface area contributed by atoms with Gasteiger partial charge in [0, 0.05) is 15.6 Å². The van der Waals surface area contributed by atoms with Gasteiger partial charge in [-0.3, -0.25) is 14.7 Å². The Kier molecular flexibility index (Phi) is 9.53. The molecule has 0 N–H and O–H groups in total.